The summed E-state index contributed by atoms with van der Waals surface area (Å²) >= 11 is 1.33. The summed E-state index contributed by atoms with van der Waals surface area (Å²) in [4.78, 5) is 15.7. The Labute approximate surface area is 115 Å². The maximum atomic E-state index is 11.6. The fraction of sp³-hybridized carbons (Fsp3) is 0.231. The van der Waals surface area contributed by atoms with Crippen molar-refractivity contribution in [2.45, 2.75) is 12.8 Å². The largest absolute Gasteiger partial charge is 0.508 e. The number of phenolic OH excluding ortho intramolecular Hbond substituents is 1. The van der Waals surface area contributed by atoms with Crippen LogP contribution in [0.3, 0.4) is 0 Å². The smallest absolute Gasteiger partial charge is 0.226 e. The van der Waals surface area contributed by atoms with Gasteiger partial charge < -0.3 is 16.2 Å². The van der Waals surface area contributed by atoms with Gasteiger partial charge in [0, 0.05) is 11.9 Å². The van der Waals surface area contributed by atoms with E-state index in [4.69, 9.17) is 5.73 Å². The highest BCUT2D eigenvalue weighted by atomic mass is 32.1. The normalized spacial score (nSPS) is 10.3. The molecule has 0 unspecified atom stereocenters. The first-order valence-corrected chi connectivity index (χ1v) is 6.76. The summed E-state index contributed by atoms with van der Waals surface area (Å²) in [5.41, 5.74) is 7.17. The van der Waals surface area contributed by atoms with Gasteiger partial charge in [0.15, 0.2) is 5.13 Å². The molecule has 0 spiro atoms. The SMILES string of the molecule is Nc1nc(CC(=O)NCCc2cccc(O)c2)cs1. The Hall–Kier alpha value is -2.08. The van der Waals surface area contributed by atoms with Crippen molar-refractivity contribution in [3.05, 3.63) is 40.9 Å². The Balaban J connectivity index is 1.75. The third-order valence-corrected chi connectivity index (χ3v) is 3.28. The van der Waals surface area contributed by atoms with E-state index in [2.05, 4.69) is 10.3 Å². The molecule has 100 valence electrons. The minimum absolute atomic E-state index is 0.0783. The predicted octanol–water partition coefficient (Wildman–Crippen LogP) is 1.33. The number of aromatic nitrogens is 1. The van der Waals surface area contributed by atoms with Crippen LogP contribution in [0.4, 0.5) is 5.13 Å². The minimum Gasteiger partial charge on any atom is -0.508 e. The second-order valence-corrected chi connectivity index (χ2v) is 5.01. The molecule has 1 heterocycles. The van der Waals surface area contributed by atoms with Gasteiger partial charge in [-0.15, -0.1) is 11.3 Å². The van der Waals surface area contributed by atoms with E-state index in [1.165, 1.54) is 11.3 Å². The Bertz CT molecular complexity index is 569. The van der Waals surface area contributed by atoms with E-state index in [0.717, 1.165) is 5.56 Å². The number of hydrogen-bond acceptors (Lipinski definition) is 5. The number of thiazole rings is 1. The van der Waals surface area contributed by atoms with Crippen LogP contribution < -0.4 is 11.1 Å². The van der Waals surface area contributed by atoms with Crippen LogP contribution in [0.5, 0.6) is 5.75 Å². The number of rotatable bonds is 5. The molecule has 0 aliphatic carbocycles. The highest BCUT2D eigenvalue weighted by molar-refractivity contribution is 7.13. The van der Waals surface area contributed by atoms with Gasteiger partial charge in [-0.2, -0.15) is 0 Å². The van der Waals surface area contributed by atoms with Gasteiger partial charge in [0.1, 0.15) is 5.75 Å². The number of carbonyl (C=O) groups is 1. The van der Waals surface area contributed by atoms with Crippen molar-refractivity contribution >= 4 is 22.4 Å². The van der Waals surface area contributed by atoms with Crippen LogP contribution >= 0.6 is 11.3 Å². The molecule has 19 heavy (non-hydrogen) atoms. The number of phenols is 1. The van der Waals surface area contributed by atoms with Crippen LogP contribution in [0, 0.1) is 0 Å². The van der Waals surface area contributed by atoms with Crippen LogP contribution in [0.25, 0.3) is 0 Å². The van der Waals surface area contributed by atoms with E-state index in [-0.39, 0.29) is 18.1 Å². The molecular formula is C13H15N3O2S. The monoisotopic (exact) mass is 277 g/mol. The van der Waals surface area contributed by atoms with Crippen molar-refractivity contribution in [2.24, 2.45) is 0 Å². The second-order valence-electron chi connectivity index (χ2n) is 4.12. The third kappa shape index (κ3) is 4.26. The lowest BCUT2D eigenvalue weighted by Crippen LogP contribution is -2.27. The van der Waals surface area contributed by atoms with Gasteiger partial charge in [0.05, 0.1) is 12.1 Å². The molecule has 5 nitrogen and oxygen atoms in total. The Kier molecular flexibility index (Phi) is 4.35. The lowest BCUT2D eigenvalue weighted by Gasteiger charge is -2.04. The third-order valence-electron chi connectivity index (χ3n) is 2.56. The Morgan fingerprint density at radius 3 is 3.00 bits per heavy atom. The van der Waals surface area contributed by atoms with Gasteiger partial charge in [-0.3, -0.25) is 4.79 Å². The molecule has 1 amide bonds. The molecule has 2 rings (SSSR count). The Morgan fingerprint density at radius 2 is 2.32 bits per heavy atom. The van der Waals surface area contributed by atoms with Crippen LogP contribution in [0.15, 0.2) is 29.6 Å². The summed E-state index contributed by atoms with van der Waals surface area (Å²) in [5.74, 6) is 0.159. The maximum Gasteiger partial charge on any atom is 0.226 e. The lowest BCUT2D eigenvalue weighted by atomic mass is 10.1. The summed E-state index contributed by atoms with van der Waals surface area (Å²) in [5, 5.41) is 14.4. The molecule has 1 aromatic carbocycles. The van der Waals surface area contributed by atoms with Crippen molar-refractivity contribution in [3.63, 3.8) is 0 Å². The summed E-state index contributed by atoms with van der Waals surface area (Å²) in [6, 6.07) is 7.00. The van der Waals surface area contributed by atoms with Crippen LogP contribution in [0.1, 0.15) is 11.3 Å². The van der Waals surface area contributed by atoms with E-state index < -0.39 is 0 Å². The van der Waals surface area contributed by atoms with Crippen molar-refractivity contribution in [2.75, 3.05) is 12.3 Å². The van der Waals surface area contributed by atoms with Crippen LogP contribution in [-0.2, 0) is 17.6 Å². The lowest BCUT2D eigenvalue weighted by molar-refractivity contribution is -0.120. The summed E-state index contributed by atoms with van der Waals surface area (Å²) in [7, 11) is 0. The molecule has 0 fully saturated rings. The zero-order valence-electron chi connectivity index (χ0n) is 10.3. The van der Waals surface area contributed by atoms with E-state index >= 15 is 0 Å². The molecular weight excluding hydrogens is 262 g/mol. The van der Waals surface area contributed by atoms with E-state index in [9.17, 15) is 9.90 Å². The van der Waals surface area contributed by atoms with Gasteiger partial charge >= 0.3 is 0 Å². The highest BCUT2D eigenvalue weighted by Crippen LogP contribution is 2.12. The van der Waals surface area contributed by atoms with Crippen molar-refractivity contribution in [3.8, 4) is 5.75 Å². The average molecular weight is 277 g/mol. The van der Waals surface area contributed by atoms with Gasteiger partial charge in [0.25, 0.3) is 0 Å². The summed E-state index contributed by atoms with van der Waals surface area (Å²) in [6.07, 6.45) is 0.924. The van der Waals surface area contributed by atoms with Crippen molar-refractivity contribution in [1.82, 2.24) is 10.3 Å². The molecule has 0 aliphatic rings. The van der Waals surface area contributed by atoms with E-state index in [1.54, 1.807) is 23.6 Å². The van der Waals surface area contributed by atoms with Gasteiger partial charge in [0.2, 0.25) is 5.91 Å². The van der Waals surface area contributed by atoms with Gasteiger partial charge in [-0.05, 0) is 24.1 Å². The number of aromatic hydroxyl groups is 1. The maximum absolute atomic E-state index is 11.6. The Morgan fingerprint density at radius 1 is 1.47 bits per heavy atom. The fourth-order valence-electron chi connectivity index (χ4n) is 1.69. The number of nitrogens with one attached hydrogen (secondary N) is 1. The number of carbonyl (C=O) groups excluding carboxylic acids is 1. The van der Waals surface area contributed by atoms with Crippen LogP contribution in [-0.4, -0.2) is 22.5 Å². The second kappa shape index (κ2) is 6.19. The van der Waals surface area contributed by atoms with Crippen molar-refractivity contribution in [1.29, 1.82) is 0 Å². The predicted molar refractivity (Wildman–Crippen MR) is 75.1 cm³/mol. The first-order valence-electron chi connectivity index (χ1n) is 5.88. The zero-order valence-corrected chi connectivity index (χ0v) is 11.1. The number of anilines is 1. The standard InChI is InChI=1S/C13H15N3O2S/c14-13-16-10(8-19-13)7-12(18)15-5-4-9-2-1-3-11(17)6-9/h1-3,6,8,17H,4-5,7H2,(H2,14,16)(H,15,18). The number of nitrogens with zero attached hydrogens (tertiary/aromatic N) is 1. The highest BCUT2D eigenvalue weighted by Gasteiger charge is 2.06. The number of benzene rings is 1. The molecule has 0 saturated carbocycles. The number of nitrogens with two attached hydrogens (primary N) is 1. The van der Waals surface area contributed by atoms with Gasteiger partial charge in [-0.25, -0.2) is 4.98 Å². The molecule has 0 radical (unpaired) electrons. The summed E-state index contributed by atoms with van der Waals surface area (Å²) < 4.78 is 0. The molecule has 6 heteroatoms. The first kappa shape index (κ1) is 13.4. The molecule has 0 bridgehead atoms. The quantitative estimate of drug-likeness (QED) is 0.769. The van der Waals surface area contributed by atoms with E-state index in [0.29, 0.717) is 23.8 Å². The summed E-state index contributed by atoms with van der Waals surface area (Å²) in [6.45, 7) is 0.530. The molecule has 1 aromatic heterocycles. The molecule has 4 N–H and O–H groups in total. The number of hydrogen-bond donors (Lipinski definition) is 3. The van der Waals surface area contributed by atoms with Crippen LogP contribution in [0.2, 0.25) is 0 Å². The minimum atomic E-state index is -0.0783. The first-order chi connectivity index (χ1) is 9.13. The van der Waals surface area contributed by atoms with Crippen molar-refractivity contribution < 1.29 is 9.90 Å². The van der Waals surface area contributed by atoms with Gasteiger partial charge in [-0.1, -0.05) is 12.1 Å². The number of nitrogen functional groups attached to an aromatic ring is 1. The fourth-order valence-corrected chi connectivity index (χ4v) is 2.25. The zero-order chi connectivity index (χ0) is 13.7. The molecule has 0 atom stereocenters. The average Bonchev–Trinajstić information content (AvgIpc) is 2.75. The molecule has 2 aromatic rings. The number of amides is 1. The molecule has 0 saturated heterocycles. The van der Waals surface area contributed by atoms with E-state index in [1.807, 2.05) is 6.07 Å². The molecule has 0 aliphatic heterocycles. The topological polar surface area (TPSA) is 88.2 Å².